The van der Waals surface area contributed by atoms with E-state index in [0.717, 1.165) is 37.7 Å². The molecule has 1 saturated heterocycles. The van der Waals surface area contributed by atoms with Gasteiger partial charge in [0.2, 0.25) is 0 Å². The number of hydrogen-bond donors (Lipinski definition) is 0. The molecule has 0 saturated carbocycles. The summed E-state index contributed by atoms with van der Waals surface area (Å²) in [6, 6.07) is 13.7. The molecule has 2 heterocycles. The van der Waals surface area contributed by atoms with Gasteiger partial charge in [0.25, 0.3) is 0 Å². The second-order valence-electron chi connectivity index (χ2n) is 4.94. The van der Waals surface area contributed by atoms with Gasteiger partial charge in [-0.1, -0.05) is 17.7 Å². The first-order valence-corrected chi connectivity index (χ1v) is 7.26. The average molecular weight is 299 g/mol. The molecule has 4 nitrogen and oxygen atoms in total. The largest absolute Gasteiger partial charge is 0.367 e. The van der Waals surface area contributed by atoms with E-state index in [4.69, 9.17) is 11.6 Å². The van der Waals surface area contributed by atoms with Crippen molar-refractivity contribution in [3.8, 4) is 6.07 Å². The van der Waals surface area contributed by atoms with Crippen molar-refractivity contribution in [1.82, 2.24) is 4.98 Å². The molecule has 0 N–H and O–H groups in total. The number of piperazine rings is 1. The summed E-state index contributed by atoms with van der Waals surface area (Å²) in [5, 5.41) is 9.85. The molecule has 1 aliphatic heterocycles. The Morgan fingerprint density at radius 1 is 1.05 bits per heavy atom. The third-order valence-corrected chi connectivity index (χ3v) is 3.91. The highest BCUT2D eigenvalue weighted by Crippen LogP contribution is 2.25. The van der Waals surface area contributed by atoms with E-state index >= 15 is 0 Å². The molecular formula is C16H15ClN4. The number of rotatable bonds is 2. The third-order valence-electron chi connectivity index (χ3n) is 3.67. The van der Waals surface area contributed by atoms with Crippen LogP contribution in [0.1, 0.15) is 5.56 Å². The molecule has 0 aliphatic carbocycles. The number of anilines is 2. The van der Waals surface area contributed by atoms with Crippen LogP contribution >= 0.6 is 11.6 Å². The highest BCUT2D eigenvalue weighted by Gasteiger charge is 2.20. The van der Waals surface area contributed by atoms with Crippen LogP contribution in [0.25, 0.3) is 0 Å². The SMILES string of the molecule is N#Cc1cc(Cl)ccc1N1CCN(c2ccccn2)CC1. The Balaban J connectivity index is 1.73. The minimum absolute atomic E-state index is 0.599. The highest BCUT2D eigenvalue weighted by atomic mass is 35.5. The lowest BCUT2D eigenvalue weighted by Gasteiger charge is -2.37. The van der Waals surface area contributed by atoms with E-state index in [9.17, 15) is 5.26 Å². The summed E-state index contributed by atoms with van der Waals surface area (Å²) in [5.41, 5.74) is 1.59. The number of halogens is 1. The third kappa shape index (κ3) is 2.93. The van der Waals surface area contributed by atoms with Gasteiger partial charge in [-0.15, -0.1) is 0 Å². The Labute approximate surface area is 129 Å². The first-order valence-electron chi connectivity index (χ1n) is 6.88. The number of aromatic nitrogens is 1. The van der Waals surface area contributed by atoms with E-state index < -0.39 is 0 Å². The van der Waals surface area contributed by atoms with Gasteiger partial charge in [0.1, 0.15) is 11.9 Å². The van der Waals surface area contributed by atoms with Crippen molar-refractivity contribution < 1.29 is 0 Å². The fraction of sp³-hybridized carbons (Fsp3) is 0.250. The van der Waals surface area contributed by atoms with E-state index in [1.807, 2.05) is 36.5 Å². The summed E-state index contributed by atoms with van der Waals surface area (Å²) < 4.78 is 0. The topological polar surface area (TPSA) is 43.2 Å². The van der Waals surface area contributed by atoms with Gasteiger partial charge >= 0.3 is 0 Å². The normalized spacial score (nSPS) is 14.9. The lowest BCUT2D eigenvalue weighted by molar-refractivity contribution is 0.647. The van der Waals surface area contributed by atoms with Crippen molar-refractivity contribution in [2.45, 2.75) is 0 Å². The quantitative estimate of drug-likeness (QED) is 0.855. The fourth-order valence-electron chi connectivity index (χ4n) is 2.59. The zero-order valence-electron chi connectivity index (χ0n) is 11.5. The van der Waals surface area contributed by atoms with Crippen LogP contribution < -0.4 is 9.80 Å². The van der Waals surface area contributed by atoms with Crippen LogP contribution in [0.3, 0.4) is 0 Å². The van der Waals surface area contributed by atoms with E-state index in [1.54, 1.807) is 6.07 Å². The standard InChI is InChI=1S/C16H15ClN4/c17-14-4-5-15(13(11-14)12-18)20-7-9-21(10-8-20)16-3-1-2-6-19-16/h1-6,11H,7-10H2. The molecule has 1 aliphatic rings. The predicted molar refractivity (Wildman–Crippen MR) is 84.8 cm³/mol. The summed E-state index contributed by atoms with van der Waals surface area (Å²) in [6.45, 7) is 3.52. The highest BCUT2D eigenvalue weighted by molar-refractivity contribution is 6.30. The van der Waals surface area contributed by atoms with Crippen molar-refractivity contribution in [1.29, 1.82) is 5.26 Å². The number of pyridine rings is 1. The molecule has 0 unspecified atom stereocenters. The number of nitrogens with zero attached hydrogens (tertiary/aromatic N) is 4. The van der Waals surface area contributed by atoms with Crippen molar-refractivity contribution in [3.05, 3.63) is 53.2 Å². The molecule has 0 radical (unpaired) electrons. The zero-order chi connectivity index (χ0) is 14.7. The molecule has 0 spiro atoms. The molecule has 1 fully saturated rings. The number of nitriles is 1. The van der Waals surface area contributed by atoms with Gasteiger partial charge in [-0.2, -0.15) is 5.26 Å². The van der Waals surface area contributed by atoms with Crippen LogP contribution in [-0.2, 0) is 0 Å². The fourth-order valence-corrected chi connectivity index (χ4v) is 2.76. The Morgan fingerprint density at radius 3 is 2.48 bits per heavy atom. The molecule has 0 bridgehead atoms. The first-order chi connectivity index (χ1) is 10.3. The predicted octanol–water partition coefficient (Wildman–Crippen LogP) is 2.93. The molecule has 1 aromatic carbocycles. The van der Waals surface area contributed by atoms with Crippen LogP contribution in [0.2, 0.25) is 5.02 Å². The summed E-state index contributed by atoms with van der Waals surface area (Å²) in [4.78, 5) is 8.88. The van der Waals surface area contributed by atoms with Gasteiger partial charge in [-0.05, 0) is 30.3 Å². The van der Waals surface area contributed by atoms with E-state index in [0.29, 0.717) is 10.6 Å². The van der Waals surface area contributed by atoms with Gasteiger partial charge in [0.05, 0.1) is 11.3 Å². The lowest BCUT2D eigenvalue weighted by Crippen LogP contribution is -2.47. The van der Waals surface area contributed by atoms with Crippen LogP contribution in [-0.4, -0.2) is 31.2 Å². The maximum atomic E-state index is 9.25. The second kappa shape index (κ2) is 6.02. The average Bonchev–Trinajstić information content (AvgIpc) is 2.56. The van der Waals surface area contributed by atoms with Crippen molar-refractivity contribution in [2.24, 2.45) is 0 Å². The minimum atomic E-state index is 0.599. The van der Waals surface area contributed by atoms with E-state index in [1.165, 1.54) is 0 Å². The summed E-state index contributed by atoms with van der Waals surface area (Å²) >= 11 is 5.95. The number of hydrogen-bond acceptors (Lipinski definition) is 4. The minimum Gasteiger partial charge on any atom is -0.367 e. The van der Waals surface area contributed by atoms with Gasteiger partial charge < -0.3 is 9.80 Å². The summed E-state index contributed by atoms with van der Waals surface area (Å²) in [7, 11) is 0. The molecule has 0 atom stereocenters. The van der Waals surface area contributed by atoms with Crippen molar-refractivity contribution in [3.63, 3.8) is 0 Å². The van der Waals surface area contributed by atoms with Gasteiger partial charge in [-0.25, -0.2) is 4.98 Å². The van der Waals surface area contributed by atoms with Gasteiger partial charge in [0, 0.05) is 37.4 Å². The van der Waals surface area contributed by atoms with Crippen LogP contribution in [0, 0.1) is 11.3 Å². The van der Waals surface area contributed by atoms with Gasteiger partial charge in [-0.3, -0.25) is 0 Å². The van der Waals surface area contributed by atoms with E-state index in [2.05, 4.69) is 20.9 Å². The molecule has 3 rings (SSSR count). The second-order valence-corrected chi connectivity index (χ2v) is 5.37. The maximum Gasteiger partial charge on any atom is 0.128 e. The molecule has 106 valence electrons. The maximum absolute atomic E-state index is 9.25. The van der Waals surface area contributed by atoms with Crippen molar-refractivity contribution >= 4 is 23.1 Å². The van der Waals surface area contributed by atoms with Gasteiger partial charge in [0.15, 0.2) is 0 Å². The Kier molecular flexibility index (Phi) is 3.94. The monoisotopic (exact) mass is 298 g/mol. The summed E-state index contributed by atoms with van der Waals surface area (Å²) in [5.74, 6) is 1.01. The Hall–Kier alpha value is -2.25. The molecule has 0 amide bonds. The number of benzene rings is 1. The Bertz CT molecular complexity index is 658. The molecule has 1 aromatic heterocycles. The Morgan fingerprint density at radius 2 is 1.81 bits per heavy atom. The lowest BCUT2D eigenvalue weighted by atomic mass is 10.1. The van der Waals surface area contributed by atoms with Crippen LogP contribution in [0.15, 0.2) is 42.6 Å². The molecular weight excluding hydrogens is 284 g/mol. The zero-order valence-corrected chi connectivity index (χ0v) is 12.3. The van der Waals surface area contributed by atoms with Crippen LogP contribution in [0.5, 0.6) is 0 Å². The first kappa shape index (κ1) is 13.7. The van der Waals surface area contributed by atoms with Crippen LogP contribution in [0.4, 0.5) is 11.5 Å². The molecule has 21 heavy (non-hydrogen) atoms. The van der Waals surface area contributed by atoms with E-state index in [-0.39, 0.29) is 0 Å². The summed E-state index contributed by atoms with van der Waals surface area (Å²) in [6.07, 6.45) is 1.81. The molecule has 5 heteroatoms. The molecule has 2 aromatic rings. The smallest absolute Gasteiger partial charge is 0.128 e. The van der Waals surface area contributed by atoms with Crippen molar-refractivity contribution in [2.75, 3.05) is 36.0 Å².